The van der Waals surface area contributed by atoms with Crippen molar-refractivity contribution in [1.29, 1.82) is 0 Å². The first kappa shape index (κ1) is 11.2. The minimum absolute atomic E-state index is 0.0256. The molecule has 0 radical (unpaired) electrons. The Morgan fingerprint density at radius 1 is 1.53 bits per heavy atom. The number of aryl methyl sites for hydroxylation is 1. The Balaban J connectivity index is 3.04. The number of carbonyl (C=O) groups excluding carboxylic acids is 1. The predicted octanol–water partition coefficient (Wildman–Crippen LogP) is 1.73. The second-order valence-electron chi connectivity index (χ2n) is 2.96. The van der Waals surface area contributed by atoms with Gasteiger partial charge in [0, 0.05) is 18.1 Å². The van der Waals surface area contributed by atoms with E-state index in [4.69, 9.17) is 4.74 Å². The quantitative estimate of drug-likeness (QED) is 0.420. The molecule has 0 saturated heterocycles. The Bertz CT molecular complexity index is 376. The van der Waals surface area contributed by atoms with Gasteiger partial charge in [0.1, 0.15) is 12.0 Å². The lowest BCUT2D eigenvalue weighted by atomic mass is 10.1. The predicted molar refractivity (Wildman–Crippen MR) is 54.0 cm³/mol. The number of rotatable bonds is 5. The summed E-state index contributed by atoms with van der Waals surface area (Å²) in [6.07, 6.45) is 1.37. The molecule has 1 rings (SSSR count). The summed E-state index contributed by atoms with van der Waals surface area (Å²) >= 11 is 0. The molecule has 0 N–H and O–H groups in total. The highest BCUT2D eigenvalue weighted by Gasteiger charge is 2.13. The molecule has 0 bridgehead atoms. The minimum atomic E-state index is -0.459. The van der Waals surface area contributed by atoms with Crippen molar-refractivity contribution in [2.24, 2.45) is 0 Å². The first-order valence-electron chi connectivity index (χ1n) is 4.44. The van der Waals surface area contributed by atoms with E-state index in [0.29, 0.717) is 17.7 Å². The van der Waals surface area contributed by atoms with Crippen molar-refractivity contribution in [2.45, 2.75) is 12.8 Å². The number of methoxy groups -OCH3 is 1. The van der Waals surface area contributed by atoms with E-state index in [1.807, 2.05) is 0 Å². The monoisotopic (exact) mass is 209 g/mol. The molecule has 0 aliphatic rings. The Kier molecular flexibility index (Phi) is 3.79. The molecule has 1 aromatic rings. The average molecular weight is 209 g/mol. The van der Waals surface area contributed by atoms with Gasteiger partial charge >= 0.3 is 0 Å². The van der Waals surface area contributed by atoms with Crippen molar-refractivity contribution in [1.82, 2.24) is 0 Å². The normalized spacial score (nSPS) is 9.67. The highest BCUT2D eigenvalue weighted by atomic mass is 16.6. The number of hydrogen-bond donors (Lipinski definition) is 0. The molecule has 0 saturated carbocycles. The Labute approximate surface area is 86.8 Å². The third-order valence-corrected chi connectivity index (χ3v) is 2.01. The molecule has 0 aromatic heterocycles. The number of aldehydes is 1. The highest BCUT2D eigenvalue weighted by molar-refractivity contribution is 5.52. The summed E-state index contributed by atoms with van der Waals surface area (Å²) in [5.74, 6) is 0.557. The van der Waals surface area contributed by atoms with Crippen LogP contribution in [0.4, 0.5) is 5.69 Å². The summed E-state index contributed by atoms with van der Waals surface area (Å²) in [5.41, 5.74) is 0.545. The van der Waals surface area contributed by atoms with Crippen LogP contribution in [0.25, 0.3) is 0 Å². The molecule has 15 heavy (non-hydrogen) atoms. The molecule has 0 amide bonds. The van der Waals surface area contributed by atoms with Gasteiger partial charge in [-0.25, -0.2) is 0 Å². The summed E-state index contributed by atoms with van der Waals surface area (Å²) in [4.78, 5) is 20.4. The second kappa shape index (κ2) is 5.09. The number of hydrogen-bond acceptors (Lipinski definition) is 4. The van der Waals surface area contributed by atoms with E-state index in [0.717, 1.165) is 6.29 Å². The van der Waals surface area contributed by atoms with Crippen LogP contribution in [0.3, 0.4) is 0 Å². The van der Waals surface area contributed by atoms with E-state index in [9.17, 15) is 14.9 Å². The van der Waals surface area contributed by atoms with Crippen LogP contribution in [-0.4, -0.2) is 18.3 Å². The Morgan fingerprint density at radius 2 is 2.27 bits per heavy atom. The summed E-state index contributed by atoms with van der Waals surface area (Å²) in [5, 5.41) is 10.7. The van der Waals surface area contributed by atoms with E-state index in [1.54, 1.807) is 6.07 Å². The number of nitro groups is 1. The van der Waals surface area contributed by atoms with Gasteiger partial charge in [-0.15, -0.1) is 0 Å². The van der Waals surface area contributed by atoms with E-state index < -0.39 is 4.92 Å². The van der Waals surface area contributed by atoms with Gasteiger partial charge in [-0.3, -0.25) is 10.1 Å². The van der Waals surface area contributed by atoms with E-state index in [2.05, 4.69) is 0 Å². The van der Waals surface area contributed by atoms with Crippen LogP contribution in [0.5, 0.6) is 5.75 Å². The maximum atomic E-state index is 10.7. The standard InChI is InChI=1S/C10H11NO4/c1-15-9-4-5-10(11(13)14)8(7-9)3-2-6-12/h4-7H,2-3H2,1H3. The number of nitrogens with zero attached hydrogens (tertiary/aromatic N) is 1. The Morgan fingerprint density at radius 3 is 2.80 bits per heavy atom. The fourth-order valence-electron chi connectivity index (χ4n) is 1.28. The van der Waals surface area contributed by atoms with Crippen LogP contribution < -0.4 is 4.74 Å². The maximum Gasteiger partial charge on any atom is 0.272 e. The molecule has 5 heteroatoms. The lowest BCUT2D eigenvalue weighted by molar-refractivity contribution is -0.385. The van der Waals surface area contributed by atoms with Gasteiger partial charge in [-0.1, -0.05) is 0 Å². The van der Waals surface area contributed by atoms with Crippen LogP contribution >= 0.6 is 0 Å². The van der Waals surface area contributed by atoms with Gasteiger partial charge in [0.2, 0.25) is 0 Å². The first-order chi connectivity index (χ1) is 7.19. The highest BCUT2D eigenvalue weighted by Crippen LogP contribution is 2.24. The zero-order chi connectivity index (χ0) is 11.3. The van der Waals surface area contributed by atoms with Gasteiger partial charge in [0.25, 0.3) is 5.69 Å². The SMILES string of the molecule is COc1ccc([N+](=O)[O-])c(CCC=O)c1. The molecule has 1 aromatic carbocycles. The largest absolute Gasteiger partial charge is 0.497 e. The van der Waals surface area contributed by atoms with Crippen LogP contribution in [0.1, 0.15) is 12.0 Å². The average Bonchev–Trinajstić information content (AvgIpc) is 2.25. The summed E-state index contributed by atoms with van der Waals surface area (Å²) in [6.45, 7) is 0. The number of nitro benzene ring substituents is 1. The molecule has 0 unspecified atom stereocenters. The zero-order valence-electron chi connectivity index (χ0n) is 8.30. The first-order valence-corrected chi connectivity index (χ1v) is 4.44. The third-order valence-electron chi connectivity index (χ3n) is 2.01. The van der Waals surface area contributed by atoms with Crippen molar-refractivity contribution >= 4 is 12.0 Å². The van der Waals surface area contributed by atoms with E-state index >= 15 is 0 Å². The van der Waals surface area contributed by atoms with Crippen molar-refractivity contribution < 1.29 is 14.5 Å². The molecule has 0 heterocycles. The number of carbonyl (C=O) groups is 1. The molecule has 0 spiro atoms. The summed E-state index contributed by atoms with van der Waals surface area (Å²) in [6, 6.07) is 4.50. The van der Waals surface area contributed by atoms with Crippen LogP contribution in [0, 0.1) is 10.1 Å². The number of benzene rings is 1. The zero-order valence-corrected chi connectivity index (χ0v) is 8.30. The third kappa shape index (κ3) is 2.77. The fourth-order valence-corrected chi connectivity index (χ4v) is 1.28. The molecule has 0 fully saturated rings. The van der Waals surface area contributed by atoms with Gasteiger partial charge in [-0.2, -0.15) is 0 Å². The molecule has 0 aliphatic heterocycles. The van der Waals surface area contributed by atoms with Crippen LogP contribution in [0.2, 0.25) is 0 Å². The summed E-state index contributed by atoms with van der Waals surface area (Å²) < 4.78 is 4.96. The van der Waals surface area contributed by atoms with Crippen molar-refractivity contribution in [3.8, 4) is 5.75 Å². The van der Waals surface area contributed by atoms with Gasteiger partial charge in [-0.05, 0) is 18.6 Å². The molecule has 0 atom stereocenters. The Hall–Kier alpha value is -1.91. The van der Waals surface area contributed by atoms with Gasteiger partial charge in [0.15, 0.2) is 0 Å². The lowest BCUT2D eigenvalue weighted by Crippen LogP contribution is -1.97. The fraction of sp³-hybridized carbons (Fsp3) is 0.300. The molecular weight excluding hydrogens is 198 g/mol. The van der Waals surface area contributed by atoms with Gasteiger partial charge in [0.05, 0.1) is 12.0 Å². The topological polar surface area (TPSA) is 69.4 Å². The molecular formula is C10H11NO4. The smallest absolute Gasteiger partial charge is 0.272 e. The van der Waals surface area contributed by atoms with Crippen LogP contribution in [0.15, 0.2) is 18.2 Å². The van der Waals surface area contributed by atoms with Gasteiger partial charge < -0.3 is 9.53 Å². The van der Waals surface area contributed by atoms with E-state index in [-0.39, 0.29) is 12.1 Å². The van der Waals surface area contributed by atoms with Crippen molar-refractivity contribution in [2.75, 3.05) is 7.11 Å². The number of ether oxygens (including phenoxy) is 1. The van der Waals surface area contributed by atoms with E-state index in [1.165, 1.54) is 19.2 Å². The molecule has 80 valence electrons. The van der Waals surface area contributed by atoms with Crippen molar-refractivity contribution in [3.05, 3.63) is 33.9 Å². The lowest BCUT2D eigenvalue weighted by Gasteiger charge is -2.03. The molecule has 5 nitrogen and oxygen atoms in total. The van der Waals surface area contributed by atoms with Crippen LogP contribution in [-0.2, 0) is 11.2 Å². The maximum absolute atomic E-state index is 10.7. The van der Waals surface area contributed by atoms with Crippen molar-refractivity contribution in [3.63, 3.8) is 0 Å². The minimum Gasteiger partial charge on any atom is -0.497 e. The second-order valence-corrected chi connectivity index (χ2v) is 2.96. The summed E-state index contributed by atoms with van der Waals surface area (Å²) in [7, 11) is 1.49. The molecule has 0 aliphatic carbocycles.